The number of carbonyl (C=O) groups excluding carboxylic acids is 1. The van der Waals surface area contributed by atoms with Crippen molar-refractivity contribution < 1.29 is 4.79 Å². The fourth-order valence-corrected chi connectivity index (χ4v) is 3.18. The molecule has 1 N–H and O–H groups in total. The molecule has 2 heterocycles. The molecule has 1 aliphatic heterocycles. The van der Waals surface area contributed by atoms with Crippen LogP contribution in [-0.4, -0.2) is 29.0 Å². The zero-order valence-electron chi connectivity index (χ0n) is 13.9. The molecular formula is C18H21ClN4O. The molecule has 6 heteroatoms. The van der Waals surface area contributed by atoms with E-state index in [-0.39, 0.29) is 5.91 Å². The van der Waals surface area contributed by atoms with Gasteiger partial charge < -0.3 is 10.2 Å². The van der Waals surface area contributed by atoms with Gasteiger partial charge in [0.25, 0.3) is 5.91 Å². The Hall–Kier alpha value is -2.14. The Morgan fingerprint density at radius 3 is 2.83 bits per heavy atom. The van der Waals surface area contributed by atoms with E-state index in [9.17, 15) is 4.79 Å². The first-order chi connectivity index (χ1) is 11.5. The molecule has 1 fully saturated rings. The van der Waals surface area contributed by atoms with E-state index in [1.807, 2.05) is 13.0 Å². The minimum Gasteiger partial charge on any atom is -0.355 e. The van der Waals surface area contributed by atoms with Crippen LogP contribution < -0.4 is 10.2 Å². The summed E-state index contributed by atoms with van der Waals surface area (Å²) in [6.45, 7) is 6.13. The maximum absolute atomic E-state index is 12.3. The molecule has 0 radical (unpaired) electrons. The van der Waals surface area contributed by atoms with Crippen LogP contribution in [0.3, 0.4) is 0 Å². The molecule has 0 aliphatic carbocycles. The fourth-order valence-electron chi connectivity index (χ4n) is 2.95. The van der Waals surface area contributed by atoms with Crippen LogP contribution in [0.5, 0.6) is 0 Å². The molecule has 5 nitrogen and oxygen atoms in total. The molecular weight excluding hydrogens is 324 g/mol. The molecule has 0 bridgehead atoms. The fraction of sp³-hybridized carbons (Fsp3) is 0.389. The van der Waals surface area contributed by atoms with Gasteiger partial charge in [-0.05, 0) is 49.4 Å². The maximum Gasteiger partial charge on any atom is 0.275 e. The van der Waals surface area contributed by atoms with Crippen molar-refractivity contribution in [3.05, 3.63) is 46.9 Å². The first-order valence-corrected chi connectivity index (χ1v) is 8.55. The van der Waals surface area contributed by atoms with Gasteiger partial charge in [-0.25, -0.2) is 9.97 Å². The lowest BCUT2D eigenvalue weighted by Crippen LogP contribution is -2.35. The van der Waals surface area contributed by atoms with E-state index in [1.165, 1.54) is 19.0 Å². The number of piperidine rings is 1. The number of amides is 1. The van der Waals surface area contributed by atoms with Crippen molar-refractivity contribution >= 4 is 29.0 Å². The van der Waals surface area contributed by atoms with Gasteiger partial charge in [0.05, 0.1) is 12.4 Å². The second kappa shape index (κ2) is 7.18. The molecule has 0 spiro atoms. The number of nitrogens with one attached hydrogen (secondary N) is 1. The first-order valence-electron chi connectivity index (χ1n) is 8.17. The Balaban J connectivity index is 1.69. The van der Waals surface area contributed by atoms with Gasteiger partial charge in [0.15, 0.2) is 0 Å². The molecule has 1 aromatic heterocycles. The molecule has 1 saturated heterocycles. The molecule has 1 aromatic carbocycles. The van der Waals surface area contributed by atoms with Gasteiger partial charge in [0.1, 0.15) is 11.5 Å². The lowest BCUT2D eigenvalue weighted by atomic mass is 10.0. The Morgan fingerprint density at radius 2 is 2.17 bits per heavy atom. The average molecular weight is 345 g/mol. The highest BCUT2D eigenvalue weighted by atomic mass is 35.5. The molecule has 1 unspecified atom stereocenters. The number of halogens is 1. The molecule has 1 atom stereocenters. The summed E-state index contributed by atoms with van der Waals surface area (Å²) in [5.74, 6) is 1.23. The van der Waals surface area contributed by atoms with Gasteiger partial charge in [0.2, 0.25) is 0 Å². The third-order valence-electron chi connectivity index (χ3n) is 4.29. The quantitative estimate of drug-likeness (QED) is 0.916. The van der Waals surface area contributed by atoms with E-state index in [1.54, 1.807) is 18.3 Å². The van der Waals surface area contributed by atoms with Crippen molar-refractivity contribution in [2.45, 2.75) is 26.7 Å². The number of carbonyl (C=O) groups is 1. The average Bonchev–Trinajstić information content (AvgIpc) is 2.57. The Kier molecular flexibility index (Phi) is 5.00. The number of benzene rings is 1. The standard InChI is InChI=1S/C18H21ClN4O/c1-12-4-3-7-23(11-12)17-10-20-16(9-21-17)18(24)22-15-6-5-14(19)8-13(15)2/h5-6,8-10,12H,3-4,7,11H2,1-2H3,(H,22,24). The minimum atomic E-state index is -0.272. The van der Waals surface area contributed by atoms with Crippen molar-refractivity contribution in [2.75, 3.05) is 23.3 Å². The lowest BCUT2D eigenvalue weighted by molar-refractivity contribution is 0.102. The summed E-state index contributed by atoms with van der Waals surface area (Å²) in [7, 11) is 0. The maximum atomic E-state index is 12.3. The van der Waals surface area contributed by atoms with Crippen molar-refractivity contribution in [3.63, 3.8) is 0 Å². The van der Waals surface area contributed by atoms with Crippen LogP contribution in [0.2, 0.25) is 5.02 Å². The number of aromatic nitrogens is 2. The highest BCUT2D eigenvalue weighted by Crippen LogP contribution is 2.22. The van der Waals surface area contributed by atoms with Gasteiger partial charge >= 0.3 is 0 Å². The van der Waals surface area contributed by atoms with Crippen LogP contribution in [0.15, 0.2) is 30.6 Å². The highest BCUT2D eigenvalue weighted by molar-refractivity contribution is 6.30. The van der Waals surface area contributed by atoms with E-state index in [2.05, 4.69) is 27.1 Å². The van der Waals surface area contributed by atoms with Gasteiger partial charge in [-0.15, -0.1) is 0 Å². The molecule has 1 amide bonds. The molecule has 1 aliphatic rings. The summed E-state index contributed by atoms with van der Waals surface area (Å²) in [6, 6.07) is 5.34. The summed E-state index contributed by atoms with van der Waals surface area (Å²) in [6.07, 6.45) is 5.64. The van der Waals surface area contributed by atoms with Gasteiger partial charge in [-0.1, -0.05) is 18.5 Å². The third kappa shape index (κ3) is 3.85. The number of nitrogens with zero attached hydrogens (tertiary/aromatic N) is 3. The zero-order chi connectivity index (χ0) is 17.1. The summed E-state index contributed by atoms with van der Waals surface area (Å²) in [5, 5.41) is 3.49. The number of rotatable bonds is 3. The Morgan fingerprint density at radius 1 is 1.33 bits per heavy atom. The van der Waals surface area contributed by atoms with Crippen LogP contribution in [0.1, 0.15) is 35.8 Å². The van der Waals surface area contributed by atoms with E-state index in [0.717, 1.165) is 30.2 Å². The van der Waals surface area contributed by atoms with E-state index in [4.69, 9.17) is 11.6 Å². The number of hydrogen-bond donors (Lipinski definition) is 1. The number of hydrogen-bond acceptors (Lipinski definition) is 4. The Bertz CT molecular complexity index is 732. The molecule has 24 heavy (non-hydrogen) atoms. The predicted octanol–water partition coefficient (Wildman–Crippen LogP) is 3.93. The van der Waals surface area contributed by atoms with Crippen LogP contribution >= 0.6 is 11.6 Å². The first kappa shape index (κ1) is 16.7. The number of aryl methyl sites for hydroxylation is 1. The van der Waals surface area contributed by atoms with E-state index >= 15 is 0 Å². The summed E-state index contributed by atoms with van der Waals surface area (Å²) in [5.41, 5.74) is 1.93. The van der Waals surface area contributed by atoms with E-state index in [0.29, 0.717) is 16.6 Å². The largest absolute Gasteiger partial charge is 0.355 e. The van der Waals surface area contributed by atoms with Gasteiger partial charge in [-0.3, -0.25) is 4.79 Å². The smallest absolute Gasteiger partial charge is 0.275 e. The minimum absolute atomic E-state index is 0.272. The molecule has 126 valence electrons. The Labute approximate surface area is 147 Å². The van der Waals surface area contributed by atoms with Crippen LogP contribution in [0.4, 0.5) is 11.5 Å². The monoisotopic (exact) mass is 344 g/mol. The van der Waals surface area contributed by atoms with Crippen LogP contribution in [0, 0.1) is 12.8 Å². The lowest BCUT2D eigenvalue weighted by Gasteiger charge is -2.31. The molecule has 2 aromatic rings. The van der Waals surface area contributed by atoms with Crippen LogP contribution in [0.25, 0.3) is 0 Å². The summed E-state index contributed by atoms with van der Waals surface area (Å²) < 4.78 is 0. The second-order valence-corrected chi connectivity index (χ2v) is 6.80. The molecule has 3 rings (SSSR count). The molecule has 0 saturated carbocycles. The normalized spacial score (nSPS) is 17.6. The van der Waals surface area contributed by atoms with Crippen molar-refractivity contribution in [3.8, 4) is 0 Å². The van der Waals surface area contributed by atoms with Gasteiger partial charge in [0, 0.05) is 23.8 Å². The van der Waals surface area contributed by atoms with Crippen molar-refractivity contribution in [1.29, 1.82) is 0 Å². The second-order valence-electron chi connectivity index (χ2n) is 6.37. The van der Waals surface area contributed by atoms with Crippen LogP contribution in [-0.2, 0) is 0 Å². The summed E-state index contributed by atoms with van der Waals surface area (Å²) >= 11 is 5.93. The number of anilines is 2. The van der Waals surface area contributed by atoms with Crippen molar-refractivity contribution in [2.24, 2.45) is 5.92 Å². The SMILES string of the molecule is Cc1cc(Cl)ccc1NC(=O)c1cnc(N2CCCC(C)C2)cn1. The zero-order valence-corrected chi connectivity index (χ0v) is 14.7. The highest BCUT2D eigenvalue weighted by Gasteiger charge is 2.18. The third-order valence-corrected chi connectivity index (χ3v) is 4.52. The van der Waals surface area contributed by atoms with Gasteiger partial charge in [-0.2, -0.15) is 0 Å². The predicted molar refractivity (Wildman–Crippen MR) is 96.8 cm³/mol. The topological polar surface area (TPSA) is 58.1 Å². The van der Waals surface area contributed by atoms with Crippen molar-refractivity contribution in [1.82, 2.24) is 9.97 Å². The summed E-state index contributed by atoms with van der Waals surface area (Å²) in [4.78, 5) is 23.3. The van der Waals surface area contributed by atoms with E-state index < -0.39 is 0 Å².